The lowest BCUT2D eigenvalue weighted by atomic mass is 10.0. The maximum Gasteiger partial charge on any atom is 0.251 e. The van der Waals surface area contributed by atoms with E-state index in [0.717, 1.165) is 22.3 Å². The number of allylic oxidation sites excluding steroid dienone is 1. The van der Waals surface area contributed by atoms with Crippen LogP contribution < -0.4 is 5.32 Å². The Morgan fingerprint density at radius 2 is 2.31 bits per heavy atom. The Balaban J connectivity index is 2.54. The minimum Gasteiger partial charge on any atom is -0.348 e. The standard InChI is InChI=1S/C11H11NO/c1-7(2)8-3-4-9-6-12-11(13)10(9)5-8/h3-5H,1,6H2,2H3,(H,12,13). The molecule has 0 bridgehead atoms. The molecule has 1 amide bonds. The normalized spacial score (nSPS) is 13.8. The van der Waals surface area contributed by atoms with Crippen molar-refractivity contribution in [2.24, 2.45) is 0 Å². The summed E-state index contributed by atoms with van der Waals surface area (Å²) in [7, 11) is 0. The first-order chi connectivity index (χ1) is 6.18. The van der Waals surface area contributed by atoms with Gasteiger partial charge in [-0.3, -0.25) is 4.79 Å². The maximum absolute atomic E-state index is 11.3. The number of hydrogen-bond acceptors (Lipinski definition) is 1. The average Bonchev–Trinajstić information content (AvgIpc) is 2.47. The van der Waals surface area contributed by atoms with E-state index in [1.165, 1.54) is 0 Å². The van der Waals surface area contributed by atoms with Gasteiger partial charge in [0.05, 0.1) is 0 Å². The molecule has 2 nitrogen and oxygen atoms in total. The minimum atomic E-state index is 0.0260. The predicted octanol–water partition coefficient (Wildman–Crippen LogP) is 1.96. The molecule has 1 aliphatic rings. The summed E-state index contributed by atoms with van der Waals surface area (Å²) in [5, 5.41) is 2.78. The second-order valence-electron chi connectivity index (χ2n) is 3.33. The van der Waals surface area contributed by atoms with Crippen molar-refractivity contribution in [2.45, 2.75) is 13.5 Å². The van der Waals surface area contributed by atoms with Crippen molar-refractivity contribution in [3.05, 3.63) is 41.5 Å². The van der Waals surface area contributed by atoms with Gasteiger partial charge >= 0.3 is 0 Å². The number of rotatable bonds is 1. The minimum absolute atomic E-state index is 0.0260. The highest BCUT2D eigenvalue weighted by molar-refractivity contribution is 5.99. The van der Waals surface area contributed by atoms with Crippen LogP contribution in [0.1, 0.15) is 28.4 Å². The van der Waals surface area contributed by atoms with E-state index in [1.54, 1.807) is 0 Å². The molecule has 13 heavy (non-hydrogen) atoms. The number of fused-ring (bicyclic) bond motifs is 1. The van der Waals surface area contributed by atoms with Gasteiger partial charge in [-0.15, -0.1) is 0 Å². The molecule has 2 rings (SSSR count). The van der Waals surface area contributed by atoms with Gasteiger partial charge in [0.15, 0.2) is 0 Å². The molecule has 66 valence electrons. The van der Waals surface area contributed by atoms with Crippen LogP contribution in [0.3, 0.4) is 0 Å². The molecule has 1 N–H and O–H groups in total. The predicted molar refractivity (Wildman–Crippen MR) is 52.3 cm³/mol. The van der Waals surface area contributed by atoms with Crippen LogP contribution in [0, 0.1) is 0 Å². The van der Waals surface area contributed by atoms with Crippen LogP contribution in [-0.2, 0) is 6.54 Å². The van der Waals surface area contributed by atoms with Gasteiger partial charge in [0.1, 0.15) is 0 Å². The lowest BCUT2D eigenvalue weighted by Gasteiger charge is -2.01. The van der Waals surface area contributed by atoms with E-state index in [4.69, 9.17) is 0 Å². The van der Waals surface area contributed by atoms with Gasteiger partial charge in [0.2, 0.25) is 0 Å². The molecule has 1 heterocycles. The SMILES string of the molecule is C=C(C)c1ccc2c(c1)C(=O)NC2. The van der Waals surface area contributed by atoms with E-state index in [0.29, 0.717) is 6.54 Å². The van der Waals surface area contributed by atoms with Gasteiger partial charge < -0.3 is 5.32 Å². The van der Waals surface area contributed by atoms with Gasteiger partial charge in [0, 0.05) is 12.1 Å². The number of carbonyl (C=O) groups is 1. The van der Waals surface area contributed by atoms with E-state index >= 15 is 0 Å². The third-order valence-electron chi connectivity index (χ3n) is 2.29. The van der Waals surface area contributed by atoms with Crippen LogP contribution in [0.2, 0.25) is 0 Å². The highest BCUT2D eigenvalue weighted by Gasteiger charge is 2.18. The molecular weight excluding hydrogens is 162 g/mol. The van der Waals surface area contributed by atoms with Crippen molar-refractivity contribution in [1.82, 2.24) is 5.32 Å². The fourth-order valence-corrected chi connectivity index (χ4v) is 1.48. The molecule has 1 aromatic carbocycles. The third kappa shape index (κ3) is 1.24. The molecule has 0 unspecified atom stereocenters. The van der Waals surface area contributed by atoms with Gasteiger partial charge in [-0.05, 0) is 24.1 Å². The monoisotopic (exact) mass is 173 g/mol. The molecule has 2 heteroatoms. The summed E-state index contributed by atoms with van der Waals surface area (Å²) in [6, 6.07) is 5.89. The topological polar surface area (TPSA) is 29.1 Å². The van der Waals surface area contributed by atoms with Crippen molar-refractivity contribution >= 4 is 11.5 Å². The number of hydrogen-bond donors (Lipinski definition) is 1. The van der Waals surface area contributed by atoms with Crippen molar-refractivity contribution in [1.29, 1.82) is 0 Å². The summed E-state index contributed by atoms with van der Waals surface area (Å²) in [5.74, 6) is 0.0260. The Bertz CT molecular complexity index is 393. The molecule has 1 aliphatic heterocycles. The summed E-state index contributed by atoms with van der Waals surface area (Å²) < 4.78 is 0. The Hall–Kier alpha value is -1.57. The Morgan fingerprint density at radius 3 is 3.00 bits per heavy atom. The van der Waals surface area contributed by atoms with Gasteiger partial charge in [0.25, 0.3) is 5.91 Å². The first-order valence-electron chi connectivity index (χ1n) is 4.25. The summed E-state index contributed by atoms with van der Waals surface area (Å²) in [4.78, 5) is 11.3. The van der Waals surface area contributed by atoms with Crippen LogP contribution in [0.4, 0.5) is 0 Å². The third-order valence-corrected chi connectivity index (χ3v) is 2.29. The molecule has 0 radical (unpaired) electrons. The van der Waals surface area contributed by atoms with E-state index < -0.39 is 0 Å². The largest absolute Gasteiger partial charge is 0.348 e. The second-order valence-corrected chi connectivity index (χ2v) is 3.33. The van der Waals surface area contributed by atoms with E-state index in [9.17, 15) is 4.79 Å². The fraction of sp³-hybridized carbons (Fsp3) is 0.182. The molecule has 0 saturated carbocycles. The number of benzene rings is 1. The summed E-state index contributed by atoms with van der Waals surface area (Å²) >= 11 is 0. The fourth-order valence-electron chi connectivity index (χ4n) is 1.48. The second kappa shape index (κ2) is 2.73. The number of carbonyl (C=O) groups excluding carboxylic acids is 1. The van der Waals surface area contributed by atoms with Crippen molar-refractivity contribution in [2.75, 3.05) is 0 Å². The van der Waals surface area contributed by atoms with E-state index in [-0.39, 0.29) is 5.91 Å². The van der Waals surface area contributed by atoms with Crippen molar-refractivity contribution in [3.8, 4) is 0 Å². The van der Waals surface area contributed by atoms with Gasteiger partial charge in [-0.2, -0.15) is 0 Å². The zero-order chi connectivity index (χ0) is 9.42. The van der Waals surface area contributed by atoms with Crippen LogP contribution in [-0.4, -0.2) is 5.91 Å². The van der Waals surface area contributed by atoms with Crippen molar-refractivity contribution in [3.63, 3.8) is 0 Å². The summed E-state index contributed by atoms with van der Waals surface area (Å²) in [6.07, 6.45) is 0. The molecule has 0 atom stereocenters. The molecule has 0 aromatic heterocycles. The highest BCUT2D eigenvalue weighted by atomic mass is 16.1. The van der Waals surface area contributed by atoms with Crippen LogP contribution in [0.15, 0.2) is 24.8 Å². The maximum atomic E-state index is 11.3. The van der Waals surface area contributed by atoms with Crippen LogP contribution in [0.25, 0.3) is 5.57 Å². The quantitative estimate of drug-likeness (QED) is 0.691. The summed E-state index contributed by atoms with van der Waals surface area (Å²) in [6.45, 7) is 6.44. The van der Waals surface area contributed by atoms with Crippen LogP contribution in [0.5, 0.6) is 0 Å². The molecular formula is C11H11NO. The number of nitrogens with one attached hydrogen (secondary N) is 1. The zero-order valence-electron chi connectivity index (χ0n) is 7.55. The van der Waals surface area contributed by atoms with E-state index in [1.807, 2.05) is 25.1 Å². The Kier molecular flexibility index (Phi) is 1.69. The smallest absolute Gasteiger partial charge is 0.251 e. The molecule has 0 saturated heterocycles. The molecule has 0 aliphatic carbocycles. The lowest BCUT2D eigenvalue weighted by Crippen LogP contribution is -2.12. The lowest BCUT2D eigenvalue weighted by molar-refractivity contribution is 0.0966. The Labute approximate surface area is 77.3 Å². The molecule has 0 fully saturated rings. The van der Waals surface area contributed by atoms with Gasteiger partial charge in [-0.25, -0.2) is 0 Å². The average molecular weight is 173 g/mol. The van der Waals surface area contributed by atoms with Crippen molar-refractivity contribution < 1.29 is 4.79 Å². The van der Waals surface area contributed by atoms with Gasteiger partial charge in [-0.1, -0.05) is 24.3 Å². The first kappa shape index (κ1) is 8.05. The Morgan fingerprint density at radius 1 is 1.54 bits per heavy atom. The summed E-state index contributed by atoms with van der Waals surface area (Å²) in [5.41, 5.74) is 3.90. The number of amides is 1. The van der Waals surface area contributed by atoms with E-state index in [2.05, 4.69) is 11.9 Å². The molecule has 1 aromatic rings. The zero-order valence-corrected chi connectivity index (χ0v) is 7.55. The molecule has 0 spiro atoms. The van der Waals surface area contributed by atoms with Crippen LogP contribution >= 0.6 is 0 Å². The highest BCUT2D eigenvalue weighted by Crippen LogP contribution is 2.20. The first-order valence-corrected chi connectivity index (χ1v) is 4.25.